The van der Waals surface area contributed by atoms with Gasteiger partial charge in [0.15, 0.2) is 5.13 Å². The molecule has 0 aliphatic rings. The van der Waals surface area contributed by atoms with Crippen LogP contribution in [-0.2, 0) is 6.54 Å². The molecular formula is C16H15ClN6O2S. The molecule has 0 amide bonds. The lowest BCUT2D eigenvalue weighted by Crippen LogP contribution is -2.08. The molecule has 3 aromatic rings. The number of aryl methyl sites for hydroxylation is 2. The van der Waals surface area contributed by atoms with Gasteiger partial charge in [0, 0.05) is 16.4 Å². The normalized spacial score (nSPS) is 10.6. The van der Waals surface area contributed by atoms with Crippen LogP contribution in [0.15, 0.2) is 30.6 Å². The molecular weight excluding hydrogens is 376 g/mol. The number of benzene rings is 1. The van der Waals surface area contributed by atoms with Crippen molar-refractivity contribution in [2.45, 2.75) is 20.4 Å². The third-order valence-corrected chi connectivity index (χ3v) is 4.87. The van der Waals surface area contributed by atoms with Crippen molar-refractivity contribution in [2.75, 3.05) is 10.6 Å². The molecule has 0 aliphatic carbocycles. The lowest BCUT2D eigenvalue weighted by molar-refractivity contribution is -0.383. The second-order valence-corrected chi connectivity index (χ2v) is 7.08. The minimum atomic E-state index is -0.514. The quantitative estimate of drug-likeness (QED) is 0.472. The minimum absolute atomic E-state index is 0.0948. The van der Waals surface area contributed by atoms with E-state index in [-0.39, 0.29) is 17.3 Å². The smallest absolute Gasteiger partial charge is 0.353 e. The number of nitrogens with one attached hydrogen (secondary N) is 2. The van der Waals surface area contributed by atoms with Crippen LogP contribution in [0, 0.1) is 24.0 Å². The van der Waals surface area contributed by atoms with Crippen molar-refractivity contribution in [1.82, 2.24) is 15.0 Å². The fourth-order valence-corrected chi connectivity index (χ4v) is 3.13. The molecule has 0 spiro atoms. The summed E-state index contributed by atoms with van der Waals surface area (Å²) in [6.45, 7) is 4.18. The van der Waals surface area contributed by atoms with E-state index in [2.05, 4.69) is 25.6 Å². The molecule has 10 heteroatoms. The van der Waals surface area contributed by atoms with Crippen LogP contribution in [0.5, 0.6) is 0 Å². The summed E-state index contributed by atoms with van der Waals surface area (Å²) < 4.78 is 0. The molecule has 0 aliphatic heterocycles. The summed E-state index contributed by atoms with van der Waals surface area (Å²) in [4.78, 5) is 24.4. The van der Waals surface area contributed by atoms with Crippen LogP contribution >= 0.6 is 22.9 Å². The van der Waals surface area contributed by atoms with E-state index in [0.29, 0.717) is 16.7 Å². The van der Waals surface area contributed by atoms with E-state index in [1.165, 1.54) is 17.7 Å². The fraction of sp³-hybridized carbons (Fsp3) is 0.188. The molecule has 1 aromatic carbocycles. The Bertz CT molecular complexity index is 925. The van der Waals surface area contributed by atoms with Gasteiger partial charge < -0.3 is 10.6 Å². The summed E-state index contributed by atoms with van der Waals surface area (Å²) in [5.74, 6) is 0.227. The first-order valence-electron chi connectivity index (χ1n) is 7.63. The highest BCUT2D eigenvalue weighted by atomic mass is 35.5. The molecule has 0 saturated carbocycles. The number of rotatable bonds is 6. The van der Waals surface area contributed by atoms with Crippen molar-refractivity contribution in [3.8, 4) is 0 Å². The Morgan fingerprint density at radius 1 is 1.19 bits per heavy atom. The molecule has 2 aromatic heterocycles. The molecule has 2 N–H and O–H groups in total. The van der Waals surface area contributed by atoms with Crippen LogP contribution in [0.25, 0.3) is 0 Å². The number of hydrogen-bond donors (Lipinski definition) is 2. The van der Waals surface area contributed by atoms with Gasteiger partial charge in [-0.1, -0.05) is 23.7 Å². The van der Waals surface area contributed by atoms with Gasteiger partial charge in [0.1, 0.15) is 6.33 Å². The lowest BCUT2D eigenvalue weighted by atomic mass is 10.2. The van der Waals surface area contributed by atoms with Crippen LogP contribution in [0.2, 0.25) is 5.02 Å². The predicted octanol–water partition coefficient (Wildman–Crippen LogP) is 4.47. The molecule has 3 rings (SSSR count). The average Bonchev–Trinajstić information content (AvgIpc) is 2.91. The van der Waals surface area contributed by atoms with Crippen molar-refractivity contribution < 1.29 is 4.92 Å². The molecule has 0 unspecified atom stereocenters. The monoisotopic (exact) mass is 390 g/mol. The maximum absolute atomic E-state index is 11.6. The molecule has 0 saturated heterocycles. The van der Waals surface area contributed by atoms with E-state index in [4.69, 9.17) is 11.6 Å². The summed E-state index contributed by atoms with van der Waals surface area (Å²) in [6.07, 6.45) is 1.27. The van der Waals surface area contributed by atoms with Gasteiger partial charge in [0.25, 0.3) is 0 Å². The van der Waals surface area contributed by atoms with Gasteiger partial charge in [0.05, 0.1) is 10.6 Å². The number of aromatic nitrogens is 3. The zero-order valence-electron chi connectivity index (χ0n) is 14.0. The number of anilines is 3. The molecule has 134 valence electrons. The second kappa shape index (κ2) is 7.63. The van der Waals surface area contributed by atoms with Gasteiger partial charge in [-0.25, -0.2) is 15.0 Å². The summed E-state index contributed by atoms with van der Waals surface area (Å²) in [6, 6.07) is 7.19. The Morgan fingerprint density at radius 3 is 2.50 bits per heavy atom. The number of halogens is 1. The van der Waals surface area contributed by atoms with Crippen LogP contribution in [-0.4, -0.2) is 19.9 Å². The van der Waals surface area contributed by atoms with Gasteiger partial charge in [-0.3, -0.25) is 10.1 Å². The molecule has 8 nitrogen and oxygen atoms in total. The first kappa shape index (κ1) is 18.0. The maximum atomic E-state index is 11.6. The van der Waals surface area contributed by atoms with Crippen LogP contribution in [0.1, 0.15) is 16.1 Å². The highest BCUT2D eigenvalue weighted by Gasteiger charge is 2.23. The molecule has 2 heterocycles. The molecule has 0 bridgehead atoms. The summed E-state index contributed by atoms with van der Waals surface area (Å²) in [5.41, 5.74) is 1.56. The zero-order valence-corrected chi connectivity index (χ0v) is 15.6. The van der Waals surface area contributed by atoms with E-state index in [0.717, 1.165) is 16.1 Å². The predicted molar refractivity (Wildman–Crippen MR) is 102 cm³/mol. The summed E-state index contributed by atoms with van der Waals surface area (Å²) in [7, 11) is 0. The highest BCUT2D eigenvalue weighted by molar-refractivity contribution is 7.15. The van der Waals surface area contributed by atoms with Crippen molar-refractivity contribution in [3.05, 3.63) is 61.9 Å². The van der Waals surface area contributed by atoms with Crippen molar-refractivity contribution in [2.24, 2.45) is 0 Å². The first-order chi connectivity index (χ1) is 12.4. The Morgan fingerprint density at radius 2 is 1.88 bits per heavy atom. The van der Waals surface area contributed by atoms with Crippen molar-refractivity contribution >= 4 is 45.4 Å². The van der Waals surface area contributed by atoms with Crippen molar-refractivity contribution in [1.29, 1.82) is 0 Å². The second-order valence-electron chi connectivity index (χ2n) is 5.44. The van der Waals surface area contributed by atoms with E-state index in [1.54, 1.807) is 12.1 Å². The molecule has 0 radical (unpaired) electrons. The first-order valence-corrected chi connectivity index (χ1v) is 8.82. The third kappa shape index (κ3) is 4.06. The van der Waals surface area contributed by atoms with E-state index >= 15 is 0 Å². The van der Waals surface area contributed by atoms with Gasteiger partial charge in [0.2, 0.25) is 11.6 Å². The Hall–Kier alpha value is -2.78. The summed E-state index contributed by atoms with van der Waals surface area (Å²) >= 11 is 7.27. The van der Waals surface area contributed by atoms with Gasteiger partial charge in [-0.05, 0) is 31.5 Å². The molecule has 26 heavy (non-hydrogen) atoms. The minimum Gasteiger partial charge on any atom is -0.360 e. The van der Waals surface area contributed by atoms with E-state index in [9.17, 15) is 10.1 Å². The van der Waals surface area contributed by atoms with E-state index < -0.39 is 4.92 Å². The van der Waals surface area contributed by atoms with Crippen molar-refractivity contribution in [3.63, 3.8) is 0 Å². The number of nitrogens with zero attached hydrogens (tertiary/aromatic N) is 4. The average molecular weight is 391 g/mol. The zero-order chi connectivity index (χ0) is 18.7. The SMILES string of the molecule is Cc1nc(Nc2ncnc(NCc3ccc(Cl)cc3)c2[N+](=O)[O-])sc1C. The fourth-order valence-electron chi connectivity index (χ4n) is 2.19. The standard InChI is InChI=1S/C16H15ClN6O2S/c1-9-10(2)26-16(21-9)22-15-13(23(24)25)14(19-8-20-15)18-7-11-3-5-12(17)6-4-11/h3-6,8H,7H2,1-2H3,(H2,18,19,20,21,22). The van der Waals surface area contributed by atoms with Gasteiger partial charge in [-0.2, -0.15) is 0 Å². The number of hydrogen-bond acceptors (Lipinski definition) is 8. The number of thiazole rings is 1. The largest absolute Gasteiger partial charge is 0.360 e. The van der Waals surface area contributed by atoms with Gasteiger partial charge >= 0.3 is 5.69 Å². The Labute approximate surface area is 158 Å². The topological polar surface area (TPSA) is 106 Å². The van der Waals surface area contributed by atoms with Crippen LogP contribution in [0.4, 0.5) is 22.5 Å². The van der Waals surface area contributed by atoms with Crippen LogP contribution in [0.3, 0.4) is 0 Å². The third-order valence-electron chi connectivity index (χ3n) is 3.63. The van der Waals surface area contributed by atoms with Gasteiger partial charge in [-0.15, -0.1) is 11.3 Å². The Kier molecular flexibility index (Phi) is 5.29. The molecule has 0 atom stereocenters. The number of nitro groups is 1. The lowest BCUT2D eigenvalue weighted by Gasteiger charge is -2.09. The molecule has 0 fully saturated rings. The van der Waals surface area contributed by atoms with Crippen LogP contribution < -0.4 is 10.6 Å². The Balaban J connectivity index is 1.85. The van der Waals surface area contributed by atoms with E-state index in [1.807, 2.05) is 26.0 Å². The maximum Gasteiger partial charge on any atom is 0.353 e. The highest BCUT2D eigenvalue weighted by Crippen LogP contribution is 2.33. The summed E-state index contributed by atoms with van der Waals surface area (Å²) in [5, 5.41) is 18.6.